The zero-order chi connectivity index (χ0) is 6.24. The number of rotatable bonds is 4. The number of oxime groups is 1. The Bertz CT molecular complexity index is 63.4. The van der Waals surface area contributed by atoms with E-state index in [2.05, 4.69) is 5.16 Å². The first kappa shape index (κ1) is 7.43. The van der Waals surface area contributed by atoms with Gasteiger partial charge in [-0.2, -0.15) is 0 Å². The Labute approximate surface area is 48.6 Å². The van der Waals surface area contributed by atoms with Gasteiger partial charge in [-0.15, -0.1) is 5.16 Å². The van der Waals surface area contributed by atoms with E-state index in [9.17, 15) is 0 Å². The molecule has 0 atom stereocenters. The second kappa shape index (κ2) is 6.43. The smallest absolute Gasteiger partial charge is 0.0435 e. The topological polar surface area (TPSA) is 52.8 Å². The third-order valence-electron chi connectivity index (χ3n) is 0.823. The van der Waals surface area contributed by atoms with Crippen LogP contribution in [-0.4, -0.2) is 23.1 Å². The lowest BCUT2D eigenvalue weighted by molar-refractivity contribution is 0.285. The van der Waals surface area contributed by atoms with Crippen molar-refractivity contribution in [2.24, 2.45) is 5.16 Å². The Hall–Kier alpha value is -0.570. The molecule has 0 fully saturated rings. The van der Waals surface area contributed by atoms with Crippen LogP contribution in [0.15, 0.2) is 5.16 Å². The minimum atomic E-state index is 0.221. The fraction of sp³-hybridized carbons (Fsp3) is 0.800. The fourth-order valence-electron chi connectivity index (χ4n) is 0.405. The van der Waals surface area contributed by atoms with Crippen molar-refractivity contribution in [3.8, 4) is 0 Å². The number of aliphatic hydroxyl groups excluding tert-OH is 1. The highest BCUT2D eigenvalue weighted by Crippen LogP contribution is 1.89. The highest BCUT2D eigenvalue weighted by molar-refractivity contribution is 5.55. The molecule has 0 aliphatic heterocycles. The standard InChI is InChI=1S/C5H11NO2/c7-5-3-1-2-4-6-8/h4,7-8H,1-3,5H2/b6-4-. The fourth-order valence-corrected chi connectivity index (χ4v) is 0.405. The molecule has 0 aliphatic carbocycles. The second-order valence-electron chi connectivity index (χ2n) is 1.52. The number of hydrogen-bond acceptors (Lipinski definition) is 3. The average molecular weight is 117 g/mol. The van der Waals surface area contributed by atoms with Crippen LogP contribution in [0.5, 0.6) is 0 Å². The molecule has 0 unspecified atom stereocenters. The molecule has 0 aromatic rings. The summed E-state index contributed by atoms with van der Waals surface area (Å²) in [6.45, 7) is 0.221. The minimum Gasteiger partial charge on any atom is -0.411 e. The summed E-state index contributed by atoms with van der Waals surface area (Å²) >= 11 is 0. The van der Waals surface area contributed by atoms with Crippen LogP contribution in [0, 0.1) is 0 Å². The first-order valence-corrected chi connectivity index (χ1v) is 2.68. The summed E-state index contributed by atoms with van der Waals surface area (Å²) in [5, 5.41) is 18.9. The Balaban J connectivity index is 2.72. The van der Waals surface area contributed by atoms with E-state index in [0.717, 1.165) is 19.3 Å². The second-order valence-corrected chi connectivity index (χ2v) is 1.52. The monoisotopic (exact) mass is 117 g/mol. The molecular weight excluding hydrogens is 106 g/mol. The highest BCUT2D eigenvalue weighted by Gasteiger charge is 1.80. The summed E-state index contributed by atoms with van der Waals surface area (Å²) in [4.78, 5) is 0. The maximum absolute atomic E-state index is 8.26. The molecule has 0 spiro atoms. The summed E-state index contributed by atoms with van der Waals surface area (Å²) in [6.07, 6.45) is 3.85. The van der Waals surface area contributed by atoms with Gasteiger partial charge in [-0.1, -0.05) is 0 Å². The van der Waals surface area contributed by atoms with E-state index in [1.165, 1.54) is 6.21 Å². The van der Waals surface area contributed by atoms with E-state index < -0.39 is 0 Å². The Morgan fingerprint density at radius 2 is 2.12 bits per heavy atom. The van der Waals surface area contributed by atoms with Gasteiger partial charge in [0.2, 0.25) is 0 Å². The van der Waals surface area contributed by atoms with Gasteiger partial charge in [0.1, 0.15) is 0 Å². The third-order valence-corrected chi connectivity index (χ3v) is 0.823. The molecule has 0 bridgehead atoms. The number of hydrogen-bond donors (Lipinski definition) is 2. The molecule has 3 heteroatoms. The molecule has 0 radical (unpaired) electrons. The van der Waals surface area contributed by atoms with Crippen molar-refractivity contribution in [3.05, 3.63) is 0 Å². The van der Waals surface area contributed by atoms with E-state index in [4.69, 9.17) is 10.3 Å². The van der Waals surface area contributed by atoms with Gasteiger partial charge >= 0.3 is 0 Å². The van der Waals surface area contributed by atoms with Crippen LogP contribution in [0.4, 0.5) is 0 Å². The number of nitrogens with zero attached hydrogens (tertiary/aromatic N) is 1. The first-order chi connectivity index (χ1) is 3.91. The Morgan fingerprint density at radius 3 is 2.62 bits per heavy atom. The van der Waals surface area contributed by atoms with Crippen LogP contribution in [0.3, 0.4) is 0 Å². The largest absolute Gasteiger partial charge is 0.411 e. The lowest BCUT2D eigenvalue weighted by atomic mass is 10.3. The lowest BCUT2D eigenvalue weighted by Gasteiger charge is -1.87. The third kappa shape index (κ3) is 5.43. The van der Waals surface area contributed by atoms with Crippen molar-refractivity contribution in [1.82, 2.24) is 0 Å². The molecule has 0 heterocycles. The minimum absolute atomic E-state index is 0.221. The van der Waals surface area contributed by atoms with E-state index in [1.54, 1.807) is 0 Å². The molecule has 0 aromatic heterocycles. The molecule has 0 aromatic carbocycles. The van der Waals surface area contributed by atoms with Crippen molar-refractivity contribution >= 4 is 6.21 Å². The van der Waals surface area contributed by atoms with Crippen molar-refractivity contribution in [1.29, 1.82) is 0 Å². The maximum Gasteiger partial charge on any atom is 0.0435 e. The summed E-state index contributed by atoms with van der Waals surface area (Å²) in [7, 11) is 0. The van der Waals surface area contributed by atoms with Gasteiger partial charge in [0.25, 0.3) is 0 Å². The van der Waals surface area contributed by atoms with Gasteiger partial charge in [-0.3, -0.25) is 0 Å². The average Bonchev–Trinajstić information content (AvgIpc) is 1.81. The molecule has 8 heavy (non-hydrogen) atoms. The van der Waals surface area contributed by atoms with Gasteiger partial charge in [0, 0.05) is 12.8 Å². The number of aliphatic hydroxyl groups is 1. The molecule has 0 aliphatic rings. The summed E-state index contributed by atoms with van der Waals surface area (Å²) in [5.74, 6) is 0. The molecule has 0 saturated carbocycles. The molecule has 48 valence electrons. The summed E-state index contributed by atoms with van der Waals surface area (Å²) in [6, 6.07) is 0. The lowest BCUT2D eigenvalue weighted by Crippen LogP contribution is -1.82. The predicted octanol–water partition coefficient (Wildman–Crippen LogP) is 0.609. The quantitative estimate of drug-likeness (QED) is 0.245. The van der Waals surface area contributed by atoms with Gasteiger partial charge in [-0.05, 0) is 19.3 Å². The van der Waals surface area contributed by atoms with Crippen molar-refractivity contribution in [2.45, 2.75) is 19.3 Å². The van der Waals surface area contributed by atoms with Crippen LogP contribution in [0.1, 0.15) is 19.3 Å². The van der Waals surface area contributed by atoms with E-state index >= 15 is 0 Å². The van der Waals surface area contributed by atoms with Crippen LogP contribution >= 0.6 is 0 Å². The van der Waals surface area contributed by atoms with E-state index in [0.29, 0.717) is 0 Å². The van der Waals surface area contributed by atoms with Crippen LogP contribution in [-0.2, 0) is 0 Å². The van der Waals surface area contributed by atoms with Crippen LogP contribution < -0.4 is 0 Å². The van der Waals surface area contributed by atoms with Crippen LogP contribution in [0.2, 0.25) is 0 Å². The van der Waals surface area contributed by atoms with Gasteiger partial charge in [-0.25, -0.2) is 0 Å². The zero-order valence-corrected chi connectivity index (χ0v) is 4.75. The first-order valence-electron chi connectivity index (χ1n) is 2.68. The van der Waals surface area contributed by atoms with Gasteiger partial charge in [0.15, 0.2) is 0 Å². The maximum atomic E-state index is 8.26. The molecule has 2 N–H and O–H groups in total. The van der Waals surface area contributed by atoms with Crippen LogP contribution in [0.25, 0.3) is 0 Å². The van der Waals surface area contributed by atoms with Crippen molar-refractivity contribution < 1.29 is 10.3 Å². The normalized spacial score (nSPS) is 10.6. The van der Waals surface area contributed by atoms with Crippen molar-refractivity contribution in [2.75, 3.05) is 6.61 Å². The van der Waals surface area contributed by atoms with E-state index in [1.807, 2.05) is 0 Å². The zero-order valence-electron chi connectivity index (χ0n) is 4.75. The van der Waals surface area contributed by atoms with Crippen molar-refractivity contribution in [3.63, 3.8) is 0 Å². The van der Waals surface area contributed by atoms with E-state index in [-0.39, 0.29) is 6.61 Å². The van der Waals surface area contributed by atoms with Gasteiger partial charge in [0.05, 0.1) is 0 Å². The van der Waals surface area contributed by atoms with Gasteiger partial charge < -0.3 is 10.3 Å². The molecule has 3 nitrogen and oxygen atoms in total. The highest BCUT2D eigenvalue weighted by atomic mass is 16.4. The molecule has 0 amide bonds. The molecule has 0 saturated heterocycles. The SMILES string of the molecule is OCCCC/C=N\O. The summed E-state index contributed by atoms with van der Waals surface area (Å²) in [5.41, 5.74) is 0. The Kier molecular flexibility index (Phi) is 5.97. The summed E-state index contributed by atoms with van der Waals surface area (Å²) < 4.78 is 0. The predicted molar refractivity (Wildman–Crippen MR) is 31.2 cm³/mol. The Morgan fingerprint density at radius 1 is 1.38 bits per heavy atom. The molecular formula is C5H11NO2. The number of unbranched alkanes of at least 4 members (excludes halogenated alkanes) is 2. The molecule has 0 rings (SSSR count).